The van der Waals surface area contributed by atoms with Gasteiger partial charge in [0.05, 0.1) is 10.9 Å². The van der Waals surface area contributed by atoms with Gasteiger partial charge in [-0.2, -0.15) is 0 Å². The minimum absolute atomic E-state index is 0.0903. The number of hydrogen-bond acceptors (Lipinski definition) is 3. The monoisotopic (exact) mass is 385 g/mol. The Morgan fingerprint density at radius 1 is 1.23 bits per heavy atom. The van der Waals surface area contributed by atoms with Crippen molar-refractivity contribution in [2.45, 2.75) is 31.2 Å². The Kier molecular flexibility index (Phi) is 5.69. The predicted molar refractivity (Wildman–Crippen MR) is 108 cm³/mol. The molecular formula is C20H20ClN3OS. The highest BCUT2D eigenvalue weighted by molar-refractivity contribution is 8.00. The Labute approximate surface area is 162 Å². The molecule has 0 bridgehead atoms. The zero-order chi connectivity index (χ0) is 18.7. The molecule has 3 rings (SSSR count). The molecule has 0 radical (unpaired) electrons. The van der Waals surface area contributed by atoms with E-state index < -0.39 is 0 Å². The summed E-state index contributed by atoms with van der Waals surface area (Å²) < 4.78 is 2.02. The van der Waals surface area contributed by atoms with Gasteiger partial charge in [0.2, 0.25) is 5.91 Å². The van der Waals surface area contributed by atoms with E-state index in [1.165, 1.54) is 22.9 Å². The quantitative estimate of drug-likeness (QED) is 0.609. The fraction of sp³-hybridized carbons (Fsp3) is 0.200. The fourth-order valence-electron chi connectivity index (χ4n) is 2.66. The van der Waals surface area contributed by atoms with Crippen LogP contribution in [-0.4, -0.2) is 20.7 Å². The molecule has 134 valence electrons. The first kappa shape index (κ1) is 18.5. The second-order valence-corrected chi connectivity index (χ2v) is 7.87. The molecule has 1 N–H and O–H groups in total. The molecule has 0 saturated carbocycles. The van der Waals surface area contributed by atoms with Gasteiger partial charge in [-0.1, -0.05) is 47.1 Å². The van der Waals surface area contributed by atoms with Gasteiger partial charge in [0, 0.05) is 23.1 Å². The van der Waals surface area contributed by atoms with Crippen molar-refractivity contribution >= 4 is 35.0 Å². The van der Waals surface area contributed by atoms with Gasteiger partial charge >= 0.3 is 0 Å². The van der Waals surface area contributed by atoms with Crippen LogP contribution >= 0.6 is 23.4 Å². The number of thioether (sulfide) groups is 1. The lowest BCUT2D eigenvalue weighted by molar-refractivity contribution is -0.115. The summed E-state index contributed by atoms with van der Waals surface area (Å²) in [5.41, 5.74) is 4.14. The molecule has 1 amide bonds. The molecule has 0 aliphatic heterocycles. The number of rotatable bonds is 5. The van der Waals surface area contributed by atoms with Gasteiger partial charge in [0.25, 0.3) is 0 Å². The van der Waals surface area contributed by atoms with Gasteiger partial charge < -0.3 is 5.32 Å². The van der Waals surface area contributed by atoms with Crippen molar-refractivity contribution in [1.82, 2.24) is 9.55 Å². The van der Waals surface area contributed by atoms with E-state index in [-0.39, 0.29) is 11.2 Å². The van der Waals surface area contributed by atoms with Crippen LogP contribution in [0.2, 0.25) is 5.02 Å². The van der Waals surface area contributed by atoms with Crippen molar-refractivity contribution in [3.8, 4) is 5.69 Å². The highest BCUT2D eigenvalue weighted by atomic mass is 35.5. The summed E-state index contributed by atoms with van der Waals surface area (Å²) in [6.07, 6.45) is 3.67. The summed E-state index contributed by atoms with van der Waals surface area (Å²) in [7, 11) is 0. The van der Waals surface area contributed by atoms with E-state index in [9.17, 15) is 4.79 Å². The average molecular weight is 386 g/mol. The first-order valence-electron chi connectivity index (χ1n) is 8.28. The van der Waals surface area contributed by atoms with E-state index in [1.54, 1.807) is 18.3 Å². The van der Waals surface area contributed by atoms with Crippen LogP contribution in [0.3, 0.4) is 0 Å². The average Bonchev–Trinajstić information content (AvgIpc) is 3.02. The molecule has 0 aliphatic rings. The molecule has 4 nitrogen and oxygen atoms in total. The van der Waals surface area contributed by atoms with E-state index in [0.717, 1.165) is 10.8 Å². The van der Waals surface area contributed by atoms with Gasteiger partial charge in [-0.25, -0.2) is 4.98 Å². The molecule has 0 fully saturated rings. The van der Waals surface area contributed by atoms with E-state index in [0.29, 0.717) is 10.7 Å². The van der Waals surface area contributed by atoms with Crippen molar-refractivity contribution in [2.24, 2.45) is 0 Å². The first-order chi connectivity index (χ1) is 12.4. The largest absolute Gasteiger partial charge is 0.325 e. The Hall–Kier alpha value is -2.24. The topological polar surface area (TPSA) is 46.9 Å². The zero-order valence-electron chi connectivity index (χ0n) is 14.9. The summed E-state index contributed by atoms with van der Waals surface area (Å²) in [5, 5.41) is 3.96. The Bertz CT molecular complexity index is 938. The minimum atomic E-state index is -0.305. The normalized spacial score (nSPS) is 12.0. The summed E-state index contributed by atoms with van der Waals surface area (Å²) in [6.45, 7) is 6.01. The van der Waals surface area contributed by atoms with Crippen molar-refractivity contribution in [3.63, 3.8) is 0 Å². The molecule has 0 spiro atoms. The molecule has 1 atom stereocenters. The number of carbonyl (C=O) groups excluding carboxylic acids is 1. The van der Waals surface area contributed by atoms with Crippen LogP contribution in [0.1, 0.15) is 18.1 Å². The third-order valence-corrected chi connectivity index (χ3v) is 5.28. The molecule has 0 unspecified atom stereocenters. The molecule has 1 heterocycles. The number of imidazole rings is 1. The molecule has 1 aromatic heterocycles. The third kappa shape index (κ3) is 4.29. The summed E-state index contributed by atoms with van der Waals surface area (Å²) in [6, 6.07) is 13.4. The summed E-state index contributed by atoms with van der Waals surface area (Å²) in [4.78, 5) is 16.9. The minimum Gasteiger partial charge on any atom is -0.325 e. The number of carbonyl (C=O) groups is 1. The highest BCUT2D eigenvalue weighted by Gasteiger charge is 2.18. The summed E-state index contributed by atoms with van der Waals surface area (Å²) >= 11 is 7.39. The zero-order valence-corrected chi connectivity index (χ0v) is 16.4. The molecule has 0 saturated heterocycles. The number of anilines is 1. The van der Waals surface area contributed by atoms with Crippen LogP contribution in [0.5, 0.6) is 0 Å². The second kappa shape index (κ2) is 7.98. The van der Waals surface area contributed by atoms with E-state index in [2.05, 4.69) is 42.3 Å². The van der Waals surface area contributed by atoms with Crippen molar-refractivity contribution in [2.75, 3.05) is 5.32 Å². The summed E-state index contributed by atoms with van der Waals surface area (Å²) in [5.74, 6) is -0.0903. The predicted octanol–water partition coefficient (Wildman–Crippen LogP) is 5.26. The first-order valence-corrected chi connectivity index (χ1v) is 9.54. The van der Waals surface area contributed by atoms with Gasteiger partial charge in [-0.3, -0.25) is 9.36 Å². The number of hydrogen-bond donors (Lipinski definition) is 1. The van der Waals surface area contributed by atoms with Gasteiger partial charge in [0.1, 0.15) is 0 Å². The van der Waals surface area contributed by atoms with Gasteiger partial charge in [-0.15, -0.1) is 0 Å². The van der Waals surface area contributed by atoms with Crippen molar-refractivity contribution in [3.05, 3.63) is 71.0 Å². The second-order valence-electron chi connectivity index (χ2n) is 6.13. The number of aryl methyl sites for hydroxylation is 2. The van der Waals surface area contributed by atoms with Gasteiger partial charge in [0.15, 0.2) is 5.16 Å². The van der Waals surface area contributed by atoms with Crippen LogP contribution in [0.15, 0.2) is 60.0 Å². The third-order valence-electron chi connectivity index (χ3n) is 3.96. The van der Waals surface area contributed by atoms with E-state index >= 15 is 0 Å². The van der Waals surface area contributed by atoms with Crippen molar-refractivity contribution < 1.29 is 4.79 Å². The maximum atomic E-state index is 12.5. The molecule has 26 heavy (non-hydrogen) atoms. The van der Waals surface area contributed by atoms with E-state index in [1.807, 2.05) is 29.8 Å². The lowest BCUT2D eigenvalue weighted by Gasteiger charge is -2.14. The Morgan fingerprint density at radius 2 is 2.04 bits per heavy atom. The van der Waals surface area contributed by atoms with Crippen LogP contribution in [0.25, 0.3) is 5.69 Å². The number of nitrogens with one attached hydrogen (secondary N) is 1. The Balaban J connectivity index is 1.75. The SMILES string of the molecule is Cc1ccc(-n2ccnc2S[C@H](C)C(=O)Nc2cccc(Cl)c2)c(C)c1. The fourth-order valence-corrected chi connectivity index (χ4v) is 3.72. The van der Waals surface area contributed by atoms with Gasteiger partial charge in [-0.05, 0) is 50.6 Å². The molecule has 2 aromatic carbocycles. The number of amides is 1. The number of aromatic nitrogens is 2. The molecule has 3 aromatic rings. The lowest BCUT2D eigenvalue weighted by Crippen LogP contribution is -2.22. The number of halogens is 1. The molecule has 0 aliphatic carbocycles. The van der Waals surface area contributed by atoms with Crippen LogP contribution < -0.4 is 5.32 Å². The number of nitrogens with zero attached hydrogens (tertiary/aromatic N) is 2. The lowest BCUT2D eigenvalue weighted by atomic mass is 10.1. The Morgan fingerprint density at radius 3 is 2.77 bits per heavy atom. The molecular weight excluding hydrogens is 366 g/mol. The van der Waals surface area contributed by atoms with Crippen LogP contribution in [0, 0.1) is 13.8 Å². The standard InChI is InChI=1S/C20H20ClN3OS/c1-13-7-8-18(14(2)11-13)24-10-9-22-20(24)26-15(3)19(25)23-17-6-4-5-16(21)12-17/h4-12,15H,1-3H3,(H,23,25)/t15-/m1/s1. The van der Waals surface area contributed by atoms with Crippen LogP contribution in [0.4, 0.5) is 5.69 Å². The highest BCUT2D eigenvalue weighted by Crippen LogP contribution is 2.27. The van der Waals surface area contributed by atoms with Crippen molar-refractivity contribution in [1.29, 1.82) is 0 Å². The van der Waals surface area contributed by atoms with E-state index in [4.69, 9.17) is 11.6 Å². The maximum Gasteiger partial charge on any atom is 0.237 e. The number of benzene rings is 2. The smallest absolute Gasteiger partial charge is 0.237 e. The molecule has 6 heteroatoms. The van der Waals surface area contributed by atoms with Crippen LogP contribution in [-0.2, 0) is 4.79 Å². The maximum absolute atomic E-state index is 12.5.